The average molecular weight is 236 g/mol. The summed E-state index contributed by atoms with van der Waals surface area (Å²) in [6.45, 7) is 9.53. The first-order valence-corrected chi connectivity index (χ1v) is 6.62. The summed E-state index contributed by atoms with van der Waals surface area (Å²) in [5.41, 5.74) is 1.00. The number of carbonyl (C=O) groups is 1. The predicted octanol–water partition coefficient (Wildman–Crippen LogP) is 2.81. The predicted molar refractivity (Wildman–Crippen MR) is 72.4 cm³/mol. The zero-order chi connectivity index (χ0) is 12.7. The van der Waals surface area contributed by atoms with Crippen LogP contribution in [0.25, 0.3) is 0 Å². The molecule has 17 heavy (non-hydrogen) atoms. The molecule has 96 valence electrons. The van der Waals surface area contributed by atoms with Gasteiger partial charge in [-0.25, -0.2) is 0 Å². The molecule has 1 aliphatic heterocycles. The van der Waals surface area contributed by atoms with Crippen LogP contribution in [-0.4, -0.2) is 35.7 Å². The van der Waals surface area contributed by atoms with Gasteiger partial charge in [0.25, 0.3) is 0 Å². The number of piperidine rings is 1. The molecule has 0 aliphatic carbocycles. The summed E-state index contributed by atoms with van der Waals surface area (Å²) in [5, 5.41) is 0. The number of hydrogen-bond donors (Lipinski definition) is 0. The second-order valence-corrected chi connectivity index (χ2v) is 4.69. The molecule has 0 unspecified atom stereocenters. The van der Waals surface area contributed by atoms with Gasteiger partial charge in [0.05, 0.1) is 6.04 Å². The molecule has 0 atom stereocenters. The maximum atomic E-state index is 11.8. The van der Waals surface area contributed by atoms with Gasteiger partial charge in [-0.1, -0.05) is 19.9 Å². The number of unbranched alkanes of at least 4 members (excludes halogenated alkanes) is 1. The highest BCUT2D eigenvalue weighted by molar-refractivity contribution is 5.92. The highest BCUT2D eigenvalue weighted by Crippen LogP contribution is 2.15. The molecule has 0 N–H and O–H groups in total. The normalized spacial score (nSPS) is 18.2. The standard InChI is InChI=1S/C14H24N2O/c1-4-6-7-14(17)16-10-8-13(9-11-16)15-12(3)5-2/h5,13H,2,4,6-11H2,1,3H3. The number of likely N-dealkylation sites (tertiary alicyclic amines) is 1. The minimum absolute atomic E-state index is 0.315. The van der Waals surface area contributed by atoms with Gasteiger partial charge in [-0.2, -0.15) is 0 Å². The quantitative estimate of drug-likeness (QED) is 0.676. The molecule has 0 saturated carbocycles. The van der Waals surface area contributed by atoms with E-state index in [9.17, 15) is 4.79 Å². The van der Waals surface area contributed by atoms with Gasteiger partial charge in [0, 0.05) is 25.2 Å². The fourth-order valence-electron chi connectivity index (χ4n) is 2.07. The Balaban J connectivity index is 2.35. The van der Waals surface area contributed by atoms with E-state index in [4.69, 9.17) is 0 Å². The van der Waals surface area contributed by atoms with Gasteiger partial charge in [-0.15, -0.1) is 0 Å². The zero-order valence-corrected chi connectivity index (χ0v) is 11.1. The molecule has 3 nitrogen and oxygen atoms in total. The van der Waals surface area contributed by atoms with Crippen molar-refractivity contribution in [3.05, 3.63) is 12.7 Å². The van der Waals surface area contributed by atoms with Gasteiger partial charge >= 0.3 is 0 Å². The molecule has 1 heterocycles. The van der Waals surface area contributed by atoms with E-state index in [1.165, 1.54) is 0 Å². The first-order valence-electron chi connectivity index (χ1n) is 6.62. The van der Waals surface area contributed by atoms with Gasteiger partial charge in [0.15, 0.2) is 0 Å². The van der Waals surface area contributed by atoms with Gasteiger partial charge in [-0.05, 0) is 32.3 Å². The molecule has 1 rings (SSSR count). The maximum absolute atomic E-state index is 11.8. The van der Waals surface area contributed by atoms with Crippen molar-refractivity contribution in [2.24, 2.45) is 4.99 Å². The van der Waals surface area contributed by atoms with Crippen molar-refractivity contribution in [2.75, 3.05) is 13.1 Å². The molecule has 0 aromatic carbocycles. The van der Waals surface area contributed by atoms with Crippen LogP contribution in [0.15, 0.2) is 17.6 Å². The molecule has 0 radical (unpaired) electrons. The Morgan fingerprint density at radius 1 is 1.47 bits per heavy atom. The lowest BCUT2D eigenvalue weighted by Gasteiger charge is -2.30. The molecular formula is C14H24N2O. The van der Waals surface area contributed by atoms with Crippen molar-refractivity contribution in [2.45, 2.75) is 52.0 Å². The van der Waals surface area contributed by atoms with Gasteiger partial charge in [0.1, 0.15) is 0 Å². The van der Waals surface area contributed by atoms with E-state index < -0.39 is 0 Å². The van der Waals surface area contributed by atoms with Crippen LogP contribution in [0.2, 0.25) is 0 Å². The molecule has 0 aromatic rings. The van der Waals surface area contributed by atoms with Crippen molar-refractivity contribution >= 4 is 11.6 Å². The fourth-order valence-corrected chi connectivity index (χ4v) is 2.07. The number of amides is 1. The van der Waals surface area contributed by atoms with Crippen molar-refractivity contribution in [1.29, 1.82) is 0 Å². The Morgan fingerprint density at radius 3 is 2.65 bits per heavy atom. The molecule has 0 aromatic heterocycles. The largest absolute Gasteiger partial charge is 0.343 e. The molecule has 1 saturated heterocycles. The summed E-state index contributed by atoms with van der Waals surface area (Å²) in [6, 6.07) is 0.378. The summed E-state index contributed by atoms with van der Waals surface area (Å²) in [6.07, 6.45) is 6.57. The van der Waals surface area contributed by atoms with E-state index in [0.717, 1.165) is 44.5 Å². The minimum Gasteiger partial charge on any atom is -0.343 e. The molecular weight excluding hydrogens is 212 g/mol. The number of nitrogens with zero attached hydrogens (tertiary/aromatic N) is 2. The van der Waals surface area contributed by atoms with E-state index in [2.05, 4.69) is 18.5 Å². The average Bonchev–Trinajstić information content (AvgIpc) is 2.36. The molecule has 0 spiro atoms. The Hall–Kier alpha value is -1.12. The summed E-state index contributed by atoms with van der Waals surface area (Å²) in [5.74, 6) is 0.315. The first kappa shape index (κ1) is 13.9. The number of carbonyl (C=O) groups excluding carboxylic acids is 1. The second-order valence-electron chi connectivity index (χ2n) is 4.69. The lowest BCUT2D eigenvalue weighted by atomic mass is 10.0. The topological polar surface area (TPSA) is 32.7 Å². The van der Waals surface area contributed by atoms with Crippen LogP contribution in [0.3, 0.4) is 0 Å². The Bertz CT molecular complexity index is 289. The lowest BCUT2D eigenvalue weighted by Crippen LogP contribution is -2.39. The monoisotopic (exact) mass is 236 g/mol. The van der Waals surface area contributed by atoms with Crippen molar-refractivity contribution < 1.29 is 4.79 Å². The highest BCUT2D eigenvalue weighted by Gasteiger charge is 2.21. The number of hydrogen-bond acceptors (Lipinski definition) is 2. The minimum atomic E-state index is 0.315. The molecule has 0 bridgehead atoms. The van der Waals surface area contributed by atoms with Crippen LogP contribution in [-0.2, 0) is 4.79 Å². The van der Waals surface area contributed by atoms with Crippen molar-refractivity contribution in [3.63, 3.8) is 0 Å². The van der Waals surface area contributed by atoms with Crippen molar-refractivity contribution in [1.82, 2.24) is 4.90 Å². The maximum Gasteiger partial charge on any atom is 0.222 e. The van der Waals surface area contributed by atoms with Gasteiger partial charge in [0.2, 0.25) is 5.91 Å². The third kappa shape index (κ3) is 4.72. The van der Waals surface area contributed by atoms with Gasteiger partial charge in [-0.3, -0.25) is 9.79 Å². The molecule has 3 heteroatoms. The molecule has 1 aliphatic rings. The first-order chi connectivity index (χ1) is 8.17. The number of aliphatic imine (C=N–C) groups is 1. The van der Waals surface area contributed by atoms with Crippen LogP contribution >= 0.6 is 0 Å². The van der Waals surface area contributed by atoms with Crippen LogP contribution in [0, 0.1) is 0 Å². The highest BCUT2D eigenvalue weighted by atomic mass is 16.2. The van der Waals surface area contributed by atoms with E-state index in [0.29, 0.717) is 18.4 Å². The van der Waals surface area contributed by atoms with E-state index >= 15 is 0 Å². The van der Waals surface area contributed by atoms with Crippen LogP contribution in [0.4, 0.5) is 0 Å². The third-order valence-corrected chi connectivity index (χ3v) is 3.24. The van der Waals surface area contributed by atoms with Gasteiger partial charge < -0.3 is 4.90 Å². The van der Waals surface area contributed by atoms with E-state index in [1.807, 2.05) is 11.8 Å². The fraction of sp³-hybridized carbons (Fsp3) is 0.714. The van der Waals surface area contributed by atoms with E-state index in [1.54, 1.807) is 6.08 Å². The van der Waals surface area contributed by atoms with Crippen LogP contribution < -0.4 is 0 Å². The third-order valence-electron chi connectivity index (χ3n) is 3.24. The number of rotatable bonds is 5. The van der Waals surface area contributed by atoms with Crippen LogP contribution in [0.5, 0.6) is 0 Å². The summed E-state index contributed by atoms with van der Waals surface area (Å²) in [7, 11) is 0. The second kappa shape index (κ2) is 7.25. The summed E-state index contributed by atoms with van der Waals surface area (Å²) < 4.78 is 0. The lowest BCUT2D eigenvalue weighted by molar-refractivity contribution is -0.132. The Morgan fingerprint density at radius 2 is 2.12 bits per heavy atom. The molecule has 1 fully saturated rings. The summed E-state index contributed by atoms with van der Waals surface area (Å²) >= 11 is 0. The summed E-state index contributed by atoms with van der Waals surface area (Å²) in [4.78, 5) is 18.4. The SMILES string of the molecule is C=CC(C)=NC1CCN(C(=O)CCCC)CC1. The van der Waals surface area contributed by atoms with E-state index in [-0.39, 0.29) is 0 Å². The molecule has 1 amide bonds. The zero-order valence-electron chi connectivity index (χ0n) is 11.1. The Kier molecular flexibility index (Phi) is 5.95. The Labute approximate surface area is 105 Å². The van der Waals surface area contributed by atoms with Crippen LogP contribution in [0.1, 0.15) is 46.0 Å². The number of allylic oxidation sites excluding steroid dienone is 1. The van der Waals surface area contributed by atoms with Crippen molar-refractivity contribution in [3.8, 4) is 0 Å². The smallest absolute Gasteiger partial charge is 0.222 e.